The minimum atomic E-state index is -1.06. The Morgan fingerprint density at radius 3 is 2.59 bits per heavy atom. The van der Waals surface area contributed by atoms with E-state index in [4.69, 9.17) is 0 Å². The predicted octanol–water partition coefficient (Wildman–Crippen LogP) is 0.875. The van der Waals surface area contributed by atoms with E-state index >= 15 is 0 Å². The van der Waals surface area contributed by atoms with E-state index in [1.807, 2.05) is 0 Å². The first-order chi connectivity index (χ1) is 7.91. The summed E-state index contributed by atoms with van der Waals surface area (Å²) in [4.78, 5) is 23.9. The van der Waals surface area contributed by atoms with Crippen LogP contribution in [0.15, 0.2) is 12.1 Å². The standard InChI is InChI=1S/C11H9F2NO3/c1-5(15)4-14-8-3-6(12)2-7(13)9(8)10(16)11(14)17/h2-3,5,15H,4H2,1H3. The third kappa shape index (κ3) is 1.80. The quantitative estimate of drug-likeness (QED) is 0.782. The van der Waals surface area contributed by atoms with Crippen molar-refractivity contribution in [3.8, 4) is 0 Å². The number of anilines is 1. The average Bonchev–Trinajstić information content (AvgIpc) is 2.42. The average molecular weight is 241 g/mol. The minimum absolute atomic E-state index is 0.126. The van der Waals surface area contributed by atoms with Gasteiger partial charge in [0.05, 0.1) is 23.9 Å². The summed E-state index contributed by atoms with van der Waals surface area (Å²) in [6, 6.07) is 1.46. The topological polar surface area (TPSA) is 57.6 Å². The van der Waals surface area contributed by atoms with E-state index < -0.39 is 35.0 Å². The second kappa shape index (κ2) is 3.89. The summed E-state index contributed by atoms with van der Waals surface area (Å²) in [5.41, 5.74) is -0.560. The number of hydrogen-bond acceptors (Lipinski definition) is 3. The number of carbonyl (C=O) groups excluding carboxylic acids is 2. The van der Waals surface area contributed by atoms with Gasteiger partial charge in [-0.2, -0.15) is 0 Å². The van der Waals surface area contributed by atoms with Gasteiger partial charge in [-0.3, -0.25) is 9.59 Å². The van der Waals surface area contributed by atoms with Crippen molar-refractivity contribution >= 4 is 17.4 Å². The fraction of sp³-hybridized carbons (Fsp3) is 0.273. The van der Waals surface area contributed by atoms with Gasteiger partial charge in [-0.15, -0.1) is 0 Å². The molecule has 0 radical (unpaired) electrons. The number of amides is 1. The summed E-state index contributed by atoms with van der Waals surface area (Å²) in [5, 5.41) is 9.19. The van der Waals surface area contributed by atoms with Crippen LogP contribution in [0.2, 0.25) is 0 Å². The minimum Gasteiger partial charge on any atom is -0.392 e. The molecule has 0 bridgehead atoms. The Balaban J connectivity index is 2.56. The molecule has 1 aliphatic heterocycles. The molecule has 1 aromatic carbocycles. The number of carbonyl (C=O) groups is 2. The molecule has 1 aliphatic rings. The van der Waals surface area contributed by atoms with Crippen molar-refractivity contribution in [2.24, 2.45) is 0 Å². The van der Waals surface area contributed by atoms with E-state index in [2.05, 4.69) is 0 Å². The van der Waals surface area contributed by atoms with Crippen molar-refractivity contribution in [1.82, 2.24) is 0 Å². The van der Waals surface area contributed by atoms with Gasteiger partial charge in [0.1, 0.15) is 11.6 Å². The maximum absolute atomic E-state index is 13.4. The maximum Gasteiger partial charge on any atom is 0.299 e. The van der Waals surface area contributed by atoms with Crippen LogP contribution in [0.25, 0.3) is 0 Å². The molecule has 0 saturated heterocycles. The van der Waals surface area contributed by atoms with Crippen molar-refractivity contribution in [1.29, 1.82) is 0 Å². The lowest BCUT2D eigenvalue weighted by Gasteiger charge is -2.17. The van der Waals surface area contributed by atoms with Crippen LogP contribution in [0.4, 0.5) is 14.5 Å². The van der Waals surface area contributed by atoms with Crippen LogP contribution in [-0.4, -0.2) is 29.4 Å². The number of aliphatic hydroxyl groups is 1. The number of rotatable bonds is 2. The van der Waals surface area contributed by atoms with Gasteiger partial charge in [-0.05, 0) is 13.0 Å². The van der Waals surface area contributed by atoms with E-state index in [1.54, 1.807) is 0 Å². The smallest absolute Gasteiger partial charge is 0.299 e. The zero-order valence-corrected chi connectivity index (χ0v) is 8.91. The number of fused-ring (bicyclic) bond motifs is 1. The molecule has 1 N–H and O–H groups in total. The molecule has 1 atom stereocenters. The molecule has 2 rings (SSSR count). The molecule has 0 fully saturated rings. The molecular weight excluding hydrogens is 232 g/mol. The van der Waals surface area contributed by atoms with Gasteiger partial charge in [-0.25, -0.2) is 8.78 Å². The Kier molecular flexibility index (Phi) is 2.66. The SMILES string of the molecule is CC(O)CN1C(=O)C(=O)c2c(F)cc(F)cc21. The molecule has 1 unspecified atom stereocenters. The number of ketones is 1. The second-order valence-electron chi connectivity index (χ2n) is 3.88. The Hall–Kier alpha value is -1.82. The fourth-order valence-electron chi connectivity index (χ4n) is 1.78. The molecule has 1 heterocycles. The third-order valence-electron chi connectivity index (χ3n) is 2.44. The first-order valence-electron chi connectivity index (χ1n) is 4.95. The largest absolute Gasteiger partial charge is 0.392 e. The predicted molar refractivity (Wildman–Crippen MR) is 54.7 cm³/mol. The highest BCUT2D eigenvalue weighted by molar-refractivity contribution is 6.52. The number of β-amino-alcohol motifs (C(OH)–C–C–N with tert-alkyl or cyclic N) is 1. The van der Waals surface area contributed by atoms with Crippen LogP contribution in [0, 0.1) is 11.6 Å². The van der Waals surface area contributed by atoms with Gasteiger partial charge in [-0.1, -0.05) is 0 Å². The first-order valence-corrected chi connectivity index (χ1v) is 4.95. The van der Waals surface area contributed by atoms with E-state index in [1.165, 1.54) is 6.92 Å². The number of aliphatic hydroxyl groups excluding tert-OH is 1. The van der Waals surface area contributed by atoms with Crippen molar-refractivity contribution in [2.75, 3.05) is 11.4 Å². The lowest BCUT2D eigenvalue weighted by molar-refractivity contribution is -0.114. The van der Waals surface area contributed by atoms with Crippen molar-refractivity contribution in [3.63, 3.8) is 0 Å². The van der Waals surface area contributed by atoms with Gasteiger partial charge < -0.3 is 10.0 Å². The highest BCUT2D eigenvalue weighted by Gasteiger charge is 2.39. The molecule has 1 amide bonds. The maximum atomic E-state index is 13.4. The Bertz CT molecular complexity index is 514. The Labute approximate surface area is 95.5 Å². The van der Waals surface area contributed by atoms with Crippen LogP contribution in [0.5, 0.6) is 0 Å². The summed E-state index contributed by atoms with van der Waals surface area (Å²) < 4.78 is 26.4. The normalized spacial score (nSPS) is 16.4. The monoisotopic (exact) mass is 241 g/mol. The van der Waals surface area contributed by atoms with Gasteiger partial charge in [0, 0.05) is 6.07 Å². The summed E-state index contributed by atoms with van der Waals surface area (Å²) in [6.45, 7) is 1.23. The van der Waals surface area contributed by atoms with E-state index in [-0.39, 0.29) is 12.2 Å². The summed E-state index contributed by atoms with van der Waals surface area (Å²) in [5.74, 6) is -3.91. The molecule has 1 aromatic rings. The summed E-state index contributed by atoms with van der Waals surface area (Å²) in [7, 11) is 0. The number of Topliss-reactive ketones (excluding diaryl/α,β-unsaturated/α-hetero) is 1. The number of hydrogen-bond donors (Lipinski definition) is 1. The molecular formula is C11H9F2NO3. The zero-order valence-electron chi connectivity index (χ0n) is 8.91. The van der Waals surface area contributed by atoms with Crippen molar-refractivity contribution < 1.29 is 23.5 Å². The van der Waals surface area contributed by atoms with Crippen LogP contribution in [0.3, 0.4) is 0 Å². The molecule has 0 aliphatic carbocycles. The van der Waals surface area contributed by atoms with Crippen molar-refractivity contribution in [3.05, 3.63) is 29.3 Å². The first kappa shape index (κ1) is 11.7. The molecule has 6 heteroatoms. The third-order valence-corrected chi connectivity index (χ3v) is 2.44. The van der Waals surface area contributed by atoms with Gasteiger partial charge in [0.2, 0.25) is 0 Å². The highest BCUT2D eigenvalue weighted by atomic mass is 19.1. The molecule has 0 saturated carbocycles. The Morgan fingerprint density at radius 2 is 2.00 bits per heavy atom. The summed E-state index contributed by atoms with van der Waals surface area (Å²) in [6.07, 6.45) is -0.899. The lowest BCUT2D eigenvalue weighted by Crippen LogP contribution is -2.35. The highest BCUT2D eigenvalue weighted by Crippen LogP contribution is 2.31. The Morgan fingerprint density at radius 1 is 1.35 bits per heavy atom. The van der Waals surface area contributed by atoms with Crippen LogP contribution in [0.1, 0.15) is 17.3 Å². The zero-order chi connectivity index (χ0) is 12.7. The van der Waals surface area contributed by atoms with E-state index in [0.717, 1.165) is 11.0 Å². The van der Waals surface area contributed by atoms with E-state index in [0.29, 0.717) is 6.07 Å². The number of nitrogens with zero attached hydrogens (tertiary/aromatic N) is 1. The molecule has 0 spiro atoms. The summed E-state index contributed by atoms with van der Waals surface area (Å²) >= 11 is 0. The molecule has 4 nitrogen and oxygen atoms in total. The fourth-order valence-corrected chi connectivity index (χ4v) is 1.78. The van der Waals surface area contributed by atoms with Crippen molar-refractivity contribution in [2.45, 2.75) is 13.0 Å². The number of benzene rings is 1. The lowest BCUT2D eigenvalue weighted by atomic mass is 10.1. The van der Waals surface area contributed by atoms with Crippen LogP contribution in [-0.2, 0) is 4.79 Å². The number of halogens is 2. The van der Waals surface area contributed by atoms with Crippen LogP contribution >= 0.6 is 0 Å². The second-order valence-corrected chi connectivity index (χ2v) is 3.88. The molecule has 17 heavy (non-hydrogen) atoms. The van der Waals surface area contributed by atoms with Gasteiger partial charge in [0.25, 0.3) is 11.7 Å². The van der Waals surface area contributed by atoms with Crippen LogP contribution < -0.4 is 4.90 Å². The molecule has 90 valence electrons. The van der Waals surface area contributed by atoms with E-state index in [9.17, 15) is 23.5 Å². The molecule has 0 aromatic heterocycles. The van der Waals surface area contributed by atoms with Gasteiger partial charge in [0.15, 0.2) is 0 Å². The van der Waals surface area contributed by atoms with Gasteiger partial charge >= 0.3 is 0 Å².